The fourth-order valence-corrected chi connectivity index (χ4v) is 1.44. The van der Waals surface area contributed by atoms with Crippen molar-refractivity contribution >= 4 is 5.91 Å². The van der Waals surface area contributed by atoms with E-state index in [0.717, 1.165) is 17.7 Å². The maximum absolute atomic E-state index is 12.3. The monoisotopic (exact) mass is 245 g/mol. The molecule has 5 heteroatoms. The molecule has 0 aromatic heterocycles. The molecular weight excluding hydrogens is 231 g/mol. The summed E-state index contributed by atoms with van der Waals surface area (Å²) in [6.45, 7) is 0. The van der Waals surface area contributed by atoms with E-state index in [1.165, 1.54) is 12.1 Å². The number of carbonyl (C=O) groups is 1. The Kier molecular flexibility index (Phi) is 4.54. The summed E-state index contributed by atoms with van der Waals surface area (Å²) in [6, 6.07) is 5.03. The number of nitrogens with one attached hydrogen (secondary N) is 1. The lowest BCUT2D eigenvalue weighted by Gasteiger charge is -2.07. The van der Waals surface area contributed by atoms with E-state index < -0.39 is 11.7 Å². The number of hydrogen-bond acceptors (Lipinski definition) is 1. The van der Waals surface area contributed by atoms with Crippen LogP contribution in [-0.2, 0) is 17.4 Å². The third-order valence-corrected chi connectivity index (χ3v) is 2.43. The van der Waals surface area contributed by atoms with Crippen molar-refractivity contribution in [3.8, 4) is 0 Å². The van der Waals surface area contributed by atoms with Crippen LogP contribution in [0.4, 0.5) is 13.2 Å². The molecule has 0 atom stereocenters. The van der Waals surface area contributed by atoms with E-state index in [1.54, 1.807) is 7.05 Å². The minimum absolute atomic E-state index is 0.0584. The number of benzene rings is 1. The molecule has 0 aliphatic carbocycles. The highest BCUT2D eigenvalue weighted by Crippen LogP contribution is 2.29. The van der Waals surface area contributed by atoms with Gasteiger partial charge in [-0.1, -0.05) is 12.1 Å². The van der Waals surface area contributed by atoms with Gasteiger partial charge < -0.3 is 5.32 Å². The van der Waals surface area contributed by atoms with E-state index in [2.05, 4.69) is 5.32 Å². The van der Waals surface area contributed by atoms with E-state index in [-0.39, 0.29) is 5.91 Å². The number of carbonyl (C=O) groups excluding carboxylic acids is 1. The second kappa shape index (κ2) is 5.70. The van der Waals surface area contributed by atoms with E-state index in [0.29, 0.717) is 19.3 Å². The molecule has 1 aromatic rings. The zero-order valence-electron chi connectivity index (χ0n) is 9.47. The zero-order chi connectivity index (χ0) is 12.9. The second-order valence-electron chi connectivity index (χ2n) is 3.72. The lowest BCUT2D eigenvalue weighted by Crippen LogP contribution is -2.17. The molecule has 94 valence electrons. The first-order chi connectivity index (χ1) is 7.93. The number of alkyl halides is 3. The van der Waals surface area contributed by atoms with Crippen molar-refractivity contribution in [2.45, 2.75) is 25.4 Å². The van der Waals surface area contributed by atoms with Crippen LogP contribution in [0, 0.1) is 0 Å². The van der Waals surface area contributed by atoms with E-state index in [9.17, 15) is 18.0 Å². The minimum Gasteiger partial charge on any atom is -0.359 e. The maximum atomic E-state index is 12.3. The number of aryl methyl sites for hydroxylation is 1. The van der Waals surface area contributed by atoms with Gasteiger partial charge in [0, 0.05) is 13.5 Å². The zero-order valence-corrected chi connectivity index (χ0v) is 9.47. The third kappa shape index (κ3) is 4.46. The van der Waals surface area contributed by atoms with Crippen molar-refractivity contribution in [2.24, 2.45) is 0 Å². The van der Waals surface area contributed by atoms with Gasteiger partial charge in [0.25, 0.3) is 0 Å². The van der Waals surface area contributed by atoms with Crippen molar-refractivity contribution in [1.29, 1.82) is 0 Å². The van der Waals surface area contributed by atoms with Crippen LogP contribution >= 0.6 is 0 Å². The predicted molar refractivity (Wildman–Crippen MR) is 58.4 cm³/mol. The molecule has 0 heterocycles. The molecule has 0 unspecified atom stereocenters. The average molecular weight is 245 g/mol. The van der Waals surface area contributed by atoms with Crippen LogP contribution in [0.1, 0.15) is 24.0 Å². The van der Waals surface area contributed by atoms with Gasteiger partial charge in [0.15, 0.2) is 0 Å². The molecule has 17 heavy (non-hydrogen) atoms. The Morgan fingerprint density at radius 3 is 2.29 bits per heavy atom. The molecule has 0 aliphatic rings. The second-order valence-corrected chi connectivity index (χ2v) is 3.72. The Morgan fingerprint density at radius 1 is 1.24 bits per heavy atom. The lowest BCUT2D eigenvalue weighted by molar-refractivity contribution is -0.137. The van der Waals surface area contributed by atoms with Crippen molar-refractivity contribution in [3.63, 3.8) is 0 Å². The van der Waals surface area contributed by atoms with Crippen molar-refractivity contribution in [3.05, 3.63) is 35.4 Å². The van der Waals surface area contributed by atoms with Gasteiger partial charge in [0.2, 0.25) is 5.91 Å². The molecule has 1 N–H and O–H groups in total. The van der Waals surface area contributed by atoms with Gasteiger partial charge in [-0.05, 0) is 30.5 Å². The summed E-state index contributed by atoms with van der Waals surface area (Å²) in [4.78, 5) is 10.9. The molecule has 1 rings (SSSR count). The van der Waals surface area contributed by atoms with Crippen LogP contribution < -0.4 is 5.32 Å². The molecule has 2 nitrogen and oxygen atoms in total. The van der Waals surface area contributed by atoms with Gasteiger partial charge in [-0.15, -0.1) is 0 Å². The van der Waals surface area contributed by atoms with Crippen molar-refractivity contribution in [1.82, 2.24) is 5.32 Å². The van der Waals surface area contributed by atoms with E-state index >= 15 is 0 Å². The van der Waals surface area contributed by atoms with Crippen LogP contribution in [0.3, 0.4) is 0 Å². The Labute approximate surface area is 97.8 Å². The molecule has 0 saturated heterocycles. The number of hydrogen-bond donors (Lipinski definition) is 1. The Morgan fingerprint density at radius 2 is 1.82 bits per heavy atom. The molecule has 1 amide bonds. The third-order valence-electron chi connectivity index (χ3n) is 2.43. The van der Waals surface area contributed by atoms with Gasteiger partial charge >= 0.3 is 6.18 Å². The molecule has 0 spiro atoms. The van der Waals surface area contributed by atoms with Gasteiger partial charge in [-0.2, -0.15) is 13.2 Å². The highest BCUT2D eigenvalue weighted by atomic mass is 19.4. The van der Waals surface area contributed by atoms with Crippen LogP contribution in [0.15, 0.2) is 24.3 Å². The number of rotatable bonds is 4. The van der Waals surface area contributed by atoms with Crippen LogP contribution in [0.5, 0.6) is 0 Å². The predicted octanol–water partition coefficient (Wildman–Crippen LogP) is 2.77. The summed E-state index contributed by atoms with van der Waals surface area (Å²) in [5, 5.41) is 2.49. The molecule has 0 fully saturated rings. The molecular formula is C12H14F3NO. The van der Waals surface area contributed by atoms with Gasteiger partial charge in [0.1, 0.15) is 0 Å². The molecule has 0 radical (unpaired) electrons. The Hall–Kier alpha value is -1.52. The quantitative estimate of drug-likeness (QED) is 0.868. The summed E-state index contributed by atoms with van der Waals surface area (Å²) < 4.78 is 36.8. The Bertz CT molecular complexity index is 370. The minimum atomic E-state index is -4.29. The van der Waals surface area contributed by atoms with E-state index in [1.807, 2.05) is 0 Å². The Balaban J connectivity index is 2.49. The number of halogens is 3. The van der Waals surface area contributed by atoms with Crippen LogP contribution in [-0.4, -0.2) is 13.0 Å². The van der Waals surface area contributed by atoms with Gasteiger partial charge in [-0.3, -0.25) is 4.79 Å². The SMILES string of the molecule is CNC(=O)CCCc1ccc(C(F)(F)F)cc1. The van der Waals surface area contributed by atoms with Crippen LogP contribution in [0.2, 0.25) is 0 Å². The summed E-state index contributed by atoms with van der Waals surface area (Å²) in [6.07, 6.45) is -2.67. The fraction of sp³-hybridized carbons (Fsp3) is 0.417. The first-order valence-corrected chi connectivity index (χ1v) is 5.30. The highest BCUT2D eigenvalue weighted by molar-refractivity contribution is 5.75. The lowest BCUT2D eigenvalue weighted by atomic mass is 10.1. The molecule has 0 aliphatic heterocycles. The normalized spacial score (nSPS) is 11.3. The van der Waals surface area contributed by atoms with Gasteiger partial charge in [-0.25, -0.2) is 0 Å². The van der Waals surface area contributed by atoms with Gasteiger partial charge in [0.05, 0.1) is 5.56 Å². The van der Waals surface area contributed by atoms with E-state index in [4.69, 9.17) is 0 Å². The summed E-state index contributed by atoms with van der Waals surface area (Å²) in [5.74, 6) is -0.0584. The summed E-state index contributed by atoms with van der Waals surface area (Å²) >= 11 is 0. The average Bonchev–Trinajstić information content (AvgIpc) is 2.28. The first kappa shape index (κ1) is 13.5. The van der Waals surface area contributed by atoms with Crippen LogP contribution in [0.25, 0.3) is 0 Å². The first-order valence-electron chi connectivity index (χ1n) is 5.30. The van der Waals surface area contributed by atoms with Crippen molar-refractivity contribution < 1.29 is 18.0 Å². The highest BCUT2D eigenvalue weighted by Gasteiger charge is 2.29. The van der Waals surface area contributed by atoms with Crippen molar-refractivity contribution in [2.75, 3.05) is 7.05 Å². The molecule has 0 saturated carbocycles. The largest absolute Gasteiger partial charge is 0.416 e. The molecule has 1 aromatic carbocycles. The number of amides is 1. The maximum Gasteiger partial charge on any atom is 0.416 e. The fourth-order valence-electron chi connectivity index (χ4n) is 1.44. The molecule has 0 bridgehead atoms. The smallest absolute Gasteiger partial charge is 0.359 e. The summed E-state index contributed by atoms with van der Waals surface area (Å²) in [5.41, 5.74) is 0.162. The topological polar surface area (TPSA) is 29.1 Å². The summed E-state index contributed by atoms with van der Waals surface area (Å²) in [7, 11) is 1.56. The standard InChI is InChI=1S/C12H14F3NO/c1-16-11(17)4-2-3-9-5-7-10(8-6-9)12(13,14)15/h5-8H,2-4H2,1H3,(H,16,17).